The number of morpholine rings is 1. The molecule has 0 N–H and O–H groups in total. The lowest BCUT2D eigenvalue weighted by Crippen LogP contribution is -2.39. The predicted molar refractivity (Wildman–Crippen MR) is 131 cm³/mol. The van der Waals surface area contributed by atoms with E-state index in [2.05, 4.69) is 36.1 Å². The molecule has 3 aromatic rings. The first-order valence-electron chi connectivity index (χ1n) is 10.6. The number of carbonyl (C=O) groups is 1. The minimum absolute atomic E-state index is 0. The summed E-state index contributed by atoms with van der Waals surface area (Å²) < 4.78 is 6.57. The number of amides is 1. The number of anilines is 1. The number of para-hydroxylation sites is 1. The topological polar surface area (TPSA) is 45.7 Å². The van der Waals surface area contributed by atoms with Crippen LogP contribution >= 0.6 is 23.7 Å². The molecule has 7 heteroatoms. The number of thiazole rings is 1. The summed E-state index contributed by atoms with van der Waals surface area (Å²) in [7, 11) is 0. The quantitative estimate of drug-likeness (QED) is 0.519. The van der Waals surface area contributed by atoms with E-state index in [9.17, 15) is 4.79 Å². The number of ether oxygens (including phenoxy) is 1. The average molecular weight is 460 g/mol. The summed E-state index contributed by atoms with van der Waals surface area (Å²) >= 11 is 1.60. The summed E-state index contributed by atoms with van der Waals surface area (Å²) in [5.74, 6) is 0.0369. The van der Waals surface area contributed by atoms with Gasteiger partial charge in [0.25, 0.3) is 5.91 Å². The standard InChI is InChI=1S/C24H29N3O2S.ClH/c1-17-8-9-18(2)20(16-17)23(28)27(11-5-10-26-12-14-29-15-13-26)24-25-22-19(3)6-4-7-21(22)30-24;/h4,6-9,16H,5,10-15H2,1-3H3;1H. The van der Waals surface area contributed by atoms with Crippen LogP contribution in [0.25, 0.3) is 10.2 Å². The highest BCUT2D eigenvalue weighted by atomic mass is 35.5. The molecular weight excluding hydrogens is 430 g/mol. The highest BCUT2D eigenvalue weighted by Gasteiger charge is 2.23. The van der Waals surface area contributed by atoms with E-state index < -0.39 is 0 Å². The summed E-state index contributed by atoms with van der Waals surface area (Å²) in [6, 6.07) is 12.3. The van der Waals surface area contributed by atoms with Crippen molar-refractivity contribution in [1.29, 1.82) is 0 Å². The van der Waals surface area contributed by atoms with Crippen LogP contribution in [0.1, 0.15) is 33.5 Å². The zero-order chi connectivity index (χ0) is 21.1. The molecule has 1 aliphatic rings. The van der Waals surface area contributed by atoms with E-state index in [-0.39, 0.29) is 18.3 Å². The van der Waals surface area contributed by atoms with Crippen LogP contribution in [0, 0.1) is 20.8 Å². The Bertz CT molecular complexity index is 1050. The first kappa shape index (κ1) is 23.7. The Labute approximate surface area is 194 Å². The second kappa shape index (κ2) is 10.6. The van der Waals surface area contributed by atoms with Crippen molar-refractivity contribution in [3.05, 3.63) is 58.7 Å². The van der Waals surface area contributed by atoms with Crippen LogP contribution in [0.15, 0.2) is 36.4 Å². The van der Waals surface area contributed by atoms with Crippen LogP contribution in [-0.4, -0.2) is 55.2 Å². The fourth-order valence-electron chi connectivity index (χ4n) is 3.86. The fraction of sp³-hybridized carbons (Fsp3) is 0.417. The molecule has 2 aromatic carbocycles. The largest absolute Gasteiger partial charge is 0.379 e. The molecule has 5 nitrogen and oxygen atoms in total. The smallest absolute Gasteiger partial charge is 0.260 e. The van der Waals surface area contributed by atoms with Crippen LogP contribution in [-0.2, 0) is 4.74 Å². The number of nitrogens with zero attached hydrogens (tertiary/aromatic N) is 3. The number of rotatable bonds is 6. The van der Waals surface area contributed by atoms with Gasteiger partial charge in [0.2, 0.25) is 0 Å². The third kappa shape index (κ3) is 5.44. The molecule has 0 unspecified atom stereocenters. The van der Waals surface area contributed by atoms with Gasteiger partial charge in [0, 0.05) is 31.7 Å². The lowest BCUT2D eigenvalue weighted by Gasteiger charge is -2.28. The SMILES string of the molecule is Cc1ccc(C)c(C(=O)N(CCCN2CCOCC2)c2nc3c(C)cccc3s2)c1.Cl. The number of aromatic nitrogens is 1. The molecule has 0 spiro atoms. The highest BCUT2D eigenvalue weighted by Crippen LogP contribution is 2.32. The van der Waals surface area contributed by atoms with Crippen molar-refractivity contribution in [3.63, 3.8) is 0 Å². The summed E-state index contributed by atoms with van der Waals surface area (Å²) in [4.78, 5) is 22.8. The van der Waals surface area contributed by atoms with Gasteiger partial charge in [-0.05, 0) is 50.5 Å². The van der Waals surface area contributed by atoms with Crippen molar-refractivity contribution in [3.8, 4) is 0 Å². The van der Waals surface area contributed by atoms with Crippen molar-refractivity contribution in [2.75, 3.05) is 44.3 Å². The number of hydrogen-bond donors (Lipinski definition) is 0. The summed E-state index contributed by atoms with van der Waals surface area (Å²) in [6.07, 6.45) is 0.908. The van der Waals surface area contributed by atoms with E-state index in [0.29, 0.717) is 6.54 Å². The van der Waals surface area contributed by atoms with Gasteiger partial charge in [-0.2, -0.15) is 0 Å². The van der Waals surface area contributed by atoms with Crippen molar-refractivity contribution in [2.45, 2.75) is 27.2 Å². The van der Waals surface area contributed by atoms with Gasteiger partial charge in [-0.1, -0.05) is 41.2 Å². The zero-order valence-electron chi connectivity index (χ0n) is 18.4. The Hall–Kier alpha value is -1.99. The molecule has 1 aromatic heterocycles. The van der Waals surface area contributed by atoms with Gasteiger partial charge in [0.1, 0.15) is 0 Å². The Morgan fingerprint density at radius 1 is 1.13 bits per heavy atom. The van der Waals surface area contributed by atoms with Crippen LogP contribution in [0.4, 0.5) is 5.13 Å². The van der Waals surface area contributed by atoms with Gasteiger partial charge in [0.15, 0.2) is 5.13 Å². The molecule has 1 fully saturated rings. The highest BCUT2D eigenvalue weighted by molar-refractivity contribution is 7.22. The van der Waals surface area contributed by atoms with E-state index >= 15 is 0 Å². The maximum absolute atomic E-state index is 13.6. The molecule has 31 heavy (non-hydrogen) atoms. The van der Waals surface area contributed by atoms with Gasteiger partial charge >= 0.3 is 0 Å². The first-order valence-corrected chi connectivity index (χ1v) is 11.4. The van der Waals surface area contributed by atoms with E-state index in [0.717, 1.165) is 76.9 Å². The number of aryl methyl sites for hydroxylation is 3. The van der Waals surface area contributed by atoms with Crippen LogP contribution in [0.3, 0.4) is 0 Å². The number of benzene rings is 2. The maximum atomic E-state index is 13.6. The summed E-state index contributed by atoms with van der Waals surface area (Å²) in [5, 5.41) is 0.784. The van der Waals surface area contributed by atoms with Gasteiger partial charge in [-0.25, -0.2) is 4.98 Å². The molecule has 4 rings (SSSR count). The molecule has 1 saturated heterocycles. The van der Waals surface area contributed by atoms with Crippen LogP contribution in [0.5, 0.6) is 0 Å². The minimum atomic E-state index is 0. The second-order valence-electron chi connectivity index (χ2n) is 8.00. The molecular formula is C24H30ClN3O2S. The molecule has 2 heterocycles. The Balaban J connectivity index is 0.00000272. The molecule has 166 valence electrons. The summed E-state index contributed by atoms with van der Waals surface area (Å²) in [5.41, 5.74) is 4.99. The lowest BCUT2D eigenvalue weighted by atomic mass is 10.0. The normalized spacial score (nSPS) is 14.4. The van der Waals surface area contributed by atoms with E-state index in [1.807, 2.05) is 30.9 Å². The van der Waals surface area contributed by atoms with E-state index in [1.54, 1.807) is 11.3 Å². The number of carbonyl (C=O) groups excluding carboxylic acids is 1. The first-order chi connectivity index (χ1) is 14.5. The van der Waals surface area contributed by atoms with Crippen molar-refractivity contribution < 1.29 is 9.53 Å². The zero-order valence-corrected chi connectivity index (χ0v) is 20.0. The number of halogens is 1. The maximum Gasteiger partial charge on any atom is 0.260 e. The van der Waals surface area contributed by atoms with Crippen molar-refractivity contribution in [1.82, 2.24) is 9.88 Å². The average Bonchev–Trinajstić information content (AvgIpc) is 3.18. The van der Waals surface area contributed by atoms with Gasteiger partial charge in [0.05, 0.1) is 23.4 Å². The van der Waals surface area contributed by atoms with Crippen molar-refractivity contribution in [2.24, 2.45) is 0 Å². The fourth-order valence-corrected chi connectivity index (χ4v) is 4.93. The second-order valence-corrected chi connectivity index (χ2v) is 9.01. The molecule has 0 saturated carbocycles. The van der Waals surface area contributed by atoms with Gasteiger partial charge in [-0.3, -0.25) is 14.6 Å². The van der Waals surface area contributed by atoms with Crippen LogP contribution in [0.2, 0.25) is 0 Å². The molecule has 0 aliphatic carbocycles. The summed E-state index contributed by atoms with van der Waals surface area (Å²) in [6.45, 7) is 11.2. The third-order valence-electron chi connectivity index (χ3n) is 5.67. The third-order valence-corrected chi connectivity index (χ3v) is 6.71. The number of fused-ring (bicyclic) bond motifs is 1. The molecule has 1 amide bonds. The van der Waals surface area contributed by atoms with Crippen molar-refractivity contribution >= 4 is 45.0 Å². The van der Waals surface area contributed by atoms with E-state index in [4.69, 9.17) is 9.72 Å². The monoisotopic (exact) mass is 459 g/mol. The molecule has 0 atom stereocenters. The predicted octanol–water partition coefficient (Wildman–Crippen LogP) is 5.01. The Kier molecular flexibility index (Phi) is 8.06. The molecule has 1 aliphatic heterocycles. The Morgan fingerprint density at radius 3 is 2.65 bits per heavy atom. The minimum Gasteiger partial charge on any atom is -0.379 e. The van der Waals surface area contributed by atoms with Gasteiger partial charge < -0.3 is 4.74 Å². The number of hydrogen-bond acceptors (Lipinski definition) is 5. The van der Waals surface area contributed by atoms with Gasteiger partial charge in [-0.15, -0.1) is 12.4 Å². The lowest BCUT2D eigenvalue weighted by molar-refractivity contribution is 0.0376. The molecule has 0 bridgehead atoms. The van der Waals surface area contributed by atoms with Crippen LogP contribution < -0.4 is 4.90 Å². The Morgan fingerprint density at radius 2 is 1.90 bits per heavy atom. The molecule has 0 radical (unpaired) electrons. The van der Waals surface area contributed by atoms with E-state index in [1.165, 1.54) is 0 Å².